The molecule has 6 heteroatoms. The molecule has 0 atom stereocenters. The first kappa shape index (κ1) is 12.6. The molecule has 0 unspecified atom stereocenters. The van der Waals surface area contributed by atoms with E-state index in [0.717, 1.165) is 11.1 Å². The molecule has 0 fully saturated rings. The van der Waals surface area contributed by atoms with Crippen LogP contribution < -0.4 is 11.5 Å². The van der Waals surface area contributed by atoms with E-state index in [9.17, 15) is 4.79 Å². The van der Waals surface area contributed by atoms with Crippen LogP contribution in [0.15, 0.2) is 30.3 Å². The molecule has 0 saturated carbocycles. The Hall–Kier alpha value is -2.47. The molecule has 3 aromatic rings. The van der Waals surface area contributed by atoms with E-state index in [2.05, 4.69) is 9.97 Å². The van der Waals surface area contributed by atoms with Gasteiger partial charge < -0.3 is 11.5 Å². The number of aromatic nitrogens is 2. The lowest BCUT2D eigenvalue weighted by Gasteiger charge is -2.04. The molecule has 0 radical (unpaired) electrons. The second-order valence-electron chi connectivity index (χ2n) is 4.38. The minimum atomic E-state index is -0.0233. The number of thiophene rings is 1. The highest BCUT2D eigenvalue weighted by Crippen LogP contribution is 2.40. The molecule has 20 heavy (non-hydrogen) atoms. The number of Topliss-reactive ketones (excluding diaryl/α,β-unsaturated/α-hetero) is 1. The Balaban J connectivity index is 2.44. The zero-order valence-corrected chi connectivity index (χ0v) is 11.6. The molecule has 3 rings (SSSR count). The number of fused-ring (bicyclic) bond motifs is 1. The number of nitrogens with zero attached hydrogens (tertiary/aromatic N) is 2. The molecule has 0 aliphatic carbocycles. The smallest absolute Gasteiger partial charge is 0.223 e. The first-order chi connectivity index (χ1) is 9.58. The maximum atomic E-state index is 11.9. The number of rotatable bonds is 2. The fourth-order valence-corrected chi connectivity index (χ4v) is 3.28. The van der Waals surface area contributed by atoms with Crippen LogP contribution in [0.5, 0.6) is 0 Å². The molecule has 2 aromatic heterocycles. The van der Waals surface area contributed by atoms with Crippen molar-refractivity contribution in [3.05, 3.63) is 35.2 Å². The van der Waals surface area contributed by atoms with Crippen molar-refractivity contribution in [1.29, 1.82) is 0 Å². The van der Waals surface area contributed by atoms with Crippen molar-refractivity contribution in [3.63, 3.8) is 0 Å². The van der Waals surface area contributed by atoms with Crippen LogP contribution in [-0.2, 0) is 0 Å². The van der Waals surface area contributed by atoms with Gasteiger partial charge in [-0.25, -0.2) is 4.98 Å². The maximum absolute atomic E-state index is 11.9. The third kappa shape index (κ3) is 1.90. The molecule has 4 N–H and O–H groups in total. The van der Waals surface area contributed by atoms with Crippen LogP contribution in [0.4, 0.5) is 11.8 Å². The summed E-state index contributed by atoms with van der Waals surface area (Å²) in [5.41, 5.74) is 13.3. The van der Waals surface area contributed by atoms with Gasteiger partial charge in [0.05, 0.1) is 10.3 Å². The lowest BCUT2D eigenvalue weighted by atomic mass is 10.0. The van der Waals surface area contributed by atoms with Crippen molar-refractivity contribution in [1.82, 2.24) is 9.97 Å². The normalized spacial score (nSPS) is 10.8. The van der Waals surface area contributed by atoms with Gasteiger partial charge in [0, 0.05) is 5.56 Å². The van der Waals surface area contributed by atoms with E-state index >= 15 is 0 Å². The van der Waals surface area contributed by atoms with Crippen molar-refractivity contribution in [3.8, 4) is 11.1 Å². The van der Waals surface area contributed by atoms with E-state index in [-0.39, 0.29) is 11.7 Å². The molecule has 0 saturated heterocycles. The summed E-state index contributed by atoms with van der Waals surface area (Å²) < 4.78 is 0. The third-order valence-corrected chi connectivity index (χ3v) is 4.16. The number of carbonyl (C=O) groups is 1. The van der Waals surface area contributed by atoms with Gasteiger partial charge in [0.1, 0.15) is 10.6 Å². The highest BCUT2D eigenvalue weighted by atomic mass is 32.1. The van der Waals surface area contributed by atoms with E-state index in [1.54, 1.807) is 0 Å². The Morgan fingerprint density at radius 3 is 2.50 bits per heavy atom. The fourth-order valence-electron chi connectivity index (χ4n) is 2.17. The Bertz CT molecular complexity index is 811. The lowest BCUT2D eigenvalue weighted by Crippen LogP contribution is -1.99. The van der Waals surface area contributed by atoms with Crippen molar-refractivity contribution < 1.29 is 4.79 Å². The Kier molecular flexibility index (Phi) is 2.87. The van der Waals surface area contributed by atoms with Crippen LogP contribution in [0.25, 0.3) is 21.3 Å². The predicted octanol–water partition coefficient (Wildman–Crippen LogP) is 2.73. The van der Waals surface area contributed by atoms with Crippen molar-refractivity contribution in [2.24, 2.45) is 0 Å². The van der Waals surface area contributed by atoms with Gasteiger partial charge in [0.2, 0.25) is 5.95 Å². The highest BCUT2D eigenvalue weighted by Gasteiger charge is 2.20. The summed E-state index contributed by atoms with van der Waals surface area (Å²) in [6.45, 7) is 1.53. The molecule has 5 nitrogen and oxygen atoms in total. The molecule has 0 bridgehead atoms. The monoisotopic (exact) mass is 284 g/mol. The number of carbonyl (C=O) groups excluding carboxylic acids is 1. The molecular formula is C14H12N4OS. The Labute approximate surface area is 119 Å². The number of hydrogen-bond donors (Lipinski definition) is 2. The van der Waals surface area contributed by atoms with Gasteiger partial charge in [0.15, 0.2) is 5.78 Å². The van der Waals surface area contributed by atoms with Crippen molar-refractivity contribution in [2.75, 3.05) is 11.5 Å². The first-order valence-electron chi connectivity index (χ1n) is 5.99. The number of nitrogens with two attached hydrogens (primary N) is 2. The largest absolute Gasteiger partial charge is 0.383 e. The van der Waals surface area contributed by atoms with Gasteiger partial charge in [-0.1, -0.05) is 30.3 Å². The summed E-state index contributed by atoms with van der Waals surface area (Å²) >= 11 is 1.29. The van der Waals surface area contributed by atoms with E-state index in [1.807, 2.05) is 30.3 Å². The summed E-state index contributed by atoms with van der Waals surface area (Å²) in [7, 11) is 0. The number of anilines is 2. The van der Waals surface area contributed by atoms with E-state index in [1.165, 1.54) is 18.3 Å². The number of ketones is 1. The molecule has 0 aliphatic heterocycles. The topological polar surface area (TPSA) is 94.9 Å². The summed E-state index contributed by atoms with van der Waals surface area (Å²) in [5, 5.41) is 0.695. The lowest BCUT2D eigenvalue weighted by molar-refractivity contribution is 0.102. The molecule has 0 spiro atoms. The quantitative estimate of drug-likeness (QED) is 0.705. The zero-order chi connectivity index (χ0) is 14.3. The molecule has 1 aromatic carbocycles. The van der Waals surface area contributed by atoms with Crippen LogP contribution in [-0.4, -0.2) is 15.8 Å². The molecular weight excluding hydrogens is 272 g/mol. The molecule has 0 aliphatic rings. The van der Waals surface area contributed by atoms with Gasteiger partial charge in [-0.15, -0.1) is 11.3 Å². The van der Waals surface area contributed by atoms with Crippen LogP contribution in [0.2, 0.25) is 0 Å². The van der Waals surface area contributed by atoms with E-state index in [0.29, 0.717) is 20.9 Å². The highest BCUT2D eigenvalue weighted by molar-refractivity contribution is 7.21. The van der Waals surface area contributed by atoms with Crippen LogP contribution >= 0.6 is 11.3 Å². The Morgan fingerprint density at radius 2 is 1.85 bits per heavy atom. The maximum Gasteiger partial charge on any atom is 0.223 e. The van der Waals surface area contributed by atoms with Crippen LogP contribution in [0.3, 0.4) is 0 Å². The van der Waals surface area contributed by atoms with Crippen molar-refractivity contribution in [2.45, 2.75) is 6.92 Å². The van der Waals surface area contributed by atoms with Gasteiger partial charge >= 0.3 is 0 Å². The summed E-state index contributed by atoms with van der Waals surface area (Å²) in [6.07, 6.45) is 0. The summed E-state index contributed by atoms with van der Waals surface area (Å²) in [6, 6.07) is 9.62. The Morgan fingerprint density at radius 1 is 1.15 bits per heavy atom. The number of nitrogen functional groups attached to an aromatic ring is 2. The molecule has 2 heterocycles. The fraction of sp³-hybridized carbons (Fsp3) is 0.0714. The predicted molar refractivity (Wildman–Crippen MR) is 81.7 cm³/mol. The summed E-state index contributed by atoms with van der Waals surface area (Å²) in [4.78, 5) is 21.3. The second kappa shape index (κ2) is 4.57. The van der Waals surface area contributed by atoms with E-state index < -0.39 is 0 Å². The van der Waals surface area contributed by atoms with Crippen molar-refractivity contribution >= 4 is 39.1 Å². The molecule has 0 amide bonds. The zero-order valence-electron chi connectivity index (χ0n) is 10.8. The van der Waals surface area contributed by atoms with Gasteiger partial charge in [-0.05, 0) is 12.5 Å². The second-order valence-corrected chi connectivity index (χ2v) is 5.37. The van der Waals surface area contributed by atoms with Crippen LogP contribution in [0, 0.1) is 0 Å². The van der Waals surface area contributed by atoms with E-state index in [4.69, 9.17) is 11.5 Å². The first-order valence-corrected chi connectivity index (χ1v) is 6.81. The SMILES string of the molecule is CC(=O)c1sc2nc(N)nc(N)c2c1-c1ccccc1. The average molecular weight is 284 g/mol. The summed E-state index contributed by atoms with van der Waals surface area (Å²) in [5.74, 6) is 0.394. The number of benzene rings is 1. The third-order valence-electron chi connectivity index (χ3n) is 2.98. The average Bonchev–Trinajstić information content (AvgIpc) is 2.79. The number of hydrogen-bond acceptors (Lipinski definition) is 6. The minimum Gasteiger partial charge on any atom is -0.383 e. The van der Waals surface area contributed by atoms with Gasteiger partial charge in [-0.3, -0.25) is 4.79 Å². The minimum absolute atomic E-state index is 0.0233. The van der Waals surface area contributed by atoms with Gasteiger partial charge in [0.25, 0.3) is 0 Å². The molecule has 100 valence electrons. The van der Waals surface area contributed by atoms with Crippen LogP contribution in [0.1, 0.15) is 16.6 Å². The standard InChI is InChI=1S/C14H12N4OS/c1-7(19)11-9(8-5-3-2-4-6-8)10-12(15)17-14(16)18-13(10)20-11/h2-6H,1H3,(H4,15,16,17,18). The van der Waals surface area contributed by atoms with Gasteiger partial charge in [-0.2, -0.15) is 4.98 Å².